The lowest BCUT2D eigenvalue weighted by Crippen LogP contribution is -2.36. The molecule has 2 N–H and O–H groups in total. The van der Waals surface area contributed by atoms with Crippen LogP contribution in [0, 0.1) is 0 Å². The van der Waals surface area contributed by atoms with Crippen LogP contribution in [0.1, 0.15) is 24.4 Å². The molecule has 1 aromatic carbocycles. The lowest BCUT2D eigenvalue weighted by molar-refractivity contribution is 0.163. The molecule has 1 saturated heterocycles. The number of nitrogen functional groups attached to an aromatic ring is 1. The van der Waals surface area contributed by atoms with E-state index in [2.05, 4.69) is 44.7 Å². The number of tetrazole rings is 1. The first-order valence-electron chi connectivity index (χ1n) is 6.62. The molecule has 0 spiro atoms. The smallest absolute Gasteiger partial charge is 0.240 e. The van der Waals surface area contributed by atoms with Gasteiger partial charge in [-0.3, -0.25) is 4.90 Å². The summed E-state index contributed by atoms with van der Waals surface area (Å²) in [6.45, 7) is 3.04. The van der Waals surface area contributed by atoms with Crippen LogP contribution in [0.3, 0.4) is 0 Å². The Morgan fingerprint density at radius 1 is 1.26 bits per heavy atom. The molecule has 1 aliphatic heterocycles. The third-order valence-corrected chi connectivity index (χ3v) is 3.59. The van der Waals surface area contributed by atoms with E-state index in [1.807, 2.05) is 6.07 Å². The molecular formula is C13H18N6. The van der Waals surface area contributed by atoms with Crippen LogP contribution in [-0.2, 0) is 6.54 Å². The van der Waals surface area contributed by atoms with Crippen LogP contribution in [0.4, 0.5) is 5.95 Å². The molecule has 1 fully saturated rings. The van der Waals surface area contributed by atoms with Gasteiger partial charge in [-0.1, -0.05) is 35.4 Å². The summed E-state index contributed by atoms with van der Waals surface area (Å²) < 4.78 is 1.75. The number of nitrogens with zero attached hydrogens (tertiary/aromatic N) is 5. The summed E-state index contributed by atoms with van der Waals surface area (Å²) in [6, 6.07) is 10.8. The van der Waals surface area contributed by atoms with Crippen molar-refractivity contribution >= 4 is 5.95 Å². The van der Waals surface area contributed by atoms with Crippen molar-refractivity contribution in [2.24, 2.45) is 0 Å². The first kappa shape index (κ1) is 12.1. The average molecular weight is 258 g/mol. The minimum atomic E-state index is 0.285. The maximum Gasteiger partial charge on any atom is 0.240 e. The van der Waals surface area contributed by atoms with E-state index in [0.717, 1.165) is 32.5 Å². The number of anilines is 1. The maximum absolute atomic E-state index is 5.78. The molecule has 1 aromatic heterocycles. The molecule has 2 aromatic rings. The predicted molar refractivity (Wildman–Crippen MR) is 72.2 cm³/mol. The van der Waals surface area contributed by atoms with Crippen molar-refractivity contribution in [1.29, 1.82) is 0 Å². The van der Waals surface area contributed by atoms with Gasteiger partial charge in [-0.25, -0.2) is 4.68 Å². The third-order valence-electron chi connectivity index (χ3n) is 3.59. The Hall–Kier alpha value is -1.95. The Labute approximate surface area is 112 Å². The Bertz CT molecular complexity index is 523. The Morgan fingerprint density at radius 3 is 2.84 bits per heavy atom. The van der Waals surface area contributed by atoms with Crippen LogP contribution in [0.25, 0.3) is 0 Å². The van der Waals surface area contributed by atoms with Crippen molar-refractivity contribution < 1.29 is 0 Å². The van der Waals surface area contributed by atoms with Gasteiger partial charge in [-0.2, -0.15) is 0 Å². The lowest BCUT2D eigenvalue weighted by atomic mass is 10.0. The maximum atomic E-state index is 5.78. The second kappa shape index (κ2) is 5.36. The molecule has 0 saturated carbocycles. The SMILES string of the molecule is Nc1nnnn1C1CCCN(Cc2ccccc2)C1. The van der Waals surface area contributed by atoms with Crippen molar-refractivity contribution in [1.82, 2.24) is 25.1 Å². The lowest BCUT2D eigenvalue weighted by Gasteiger charge is -2.32. The zero-order chi connectivity index (χ0) is 13.1. The van der Waals surface area contributed by atoms with E-state index in [-0.39, 0.29) is 6.04 Å². The van der Waals surface area contributed by atoms with Gasteiger partial charge in [0.1, 0.15) is 0 Å². The third kappa shape index (κ3) is 2.73. The fourth-order valence-electron chi connectivity index (χ4n) is 2.68. The van der Waals surface area contributed by atoms with E-state index in [9.17, 15) is 0 Å². The van der Waals surface area contributed by atoms with Gasteiger partial charge in [0.05, 0.1) is 6.04 Å². The minimum Gasteiger partial charge on any atom is -0.367 e. The number of likely N-dealkylation sites (tertiary alicyclic amines) is 1. The number of hydrogen-bond acceptors (Lipinski definition) is 5. The topological polar surface area (TPSA) is 72.9 Å². The summed E-state index contributed by atoms with van der Waals surface area (Å²) in [5, 5.41) is 11.4. The fraction of sp³-hybridized carbons (Fsp3) is 0.462. The highest BCUT2D eigenvalue weighted by Crippen LogP contribution is 2.23. The van der Waals surface area contributed by atoms with Gasteiger partial charge in [-0.05, 0) is 35.4 Å². The van der Waals surface area contributed by atoms with Gasteiger partial charge in [0, 0.05) is 13.1 Å². The van der Waals surface area contributed by atoms with Crippen molar-refractivity contribution in [3.63, 3.8) is 0 Å². The Kier molecular flexibility index (Phi) is 3.41. The fourth-order valence-corrected chi connectivity index (χ4v) is 2.68. The second-order valence-electron chi connectivity index (χ2n) is 5.00. The van der Waals surface area contributed by atoms with Crippen LogP contribution < -0.4 is 5.73 Å². The van der Waals surface area contributed by atoms with Crippen LogP contribution in [0.2, 0.25) is 0 Å². The molecule has 1 atom stereocenters. The molecule has 6 heteroatoms. The second-order valence-corrected chi connectivity index (χ2v) is 5.00. The summed E-state index contributed by atoms with van der Waals surface area (Å²) in [7, 11) is 0. The molecule has 19 heavy (non-hydrogen) atoms. The number of aromatic nitrogens is 4. The van der Waals surface area contributed by atoms with Gasteiger partial charge in [-0.15, -0.1) is 0 Å². The summed E-state index contributed by atoms with van der Waals surface area (Å²) >= 11 is 0. The molecular weight excluding hydrogens is 240 g/mol. The number of benzene rings is 1. The van der Waals surface area contributed by atoms with Gasteiger partial charge >= 0.3 is 0 Å². The summed E-state index contributed by atoms with van der Waals surface area (Å²) in [5.74, 6) is 0.409. The molecule has 3 rings (SSSR count). The standard InChI is InChI=1S/C13H18N6/c14-13-15-16-17-19(13)12-7-4-8-18(10-12)9-11-5-2-1-3-6-11/h1-3,5-6,12H,4,7-10H2,(H2,14,15,17). The predicted octanol–water partition coefficient (Wildman–Crippen LogP) is 1.09. The van der Waals surface area contributed by atoms with E-state index >= 15 is 0 Å². The molecule has 1 unspecified atom stereocenters. The van der Waals surface area contributed by atoms with Crippen molar-refractivity contribution in [2.45, 2.75) is 25.4 Å². The van der Waals surface area contributed by atoms with Gasteiger partial charge in [0.2, 0.25) is 5.95 Å². The van der Waals surface area contributed by atoms with E-state index in [1.54, 1.807) is 4.68 Å². The molecule has 0 bridgehead atoms. The van der Waals surface area contributed by atoms with Crippen molar-refractivity contribution in [2.75, 3.05) is 18.8 Å². The molecule has 0 aliphatic carbocycles. The number of piperidine rings is 1. The van der Waals surface area contributed by atoms with E-state index in [0.29, 0.717) is 5.95 Å². The summed E-state index contributed by atoms with van der Waals surface area (Å²) in [4.78, 5) is 2.44. The largest absolute Gasteiger partial charge is 0.367 e. The molecule has 0 amide bonds. The van der Waals surface area contributed by atoms with Crippen LogP contribution in [0.15, 0.2) is 30.3 Å². The first-order valence-corrected chi connectivity index (χ1v) is 6.62. The first-order chi connectivity index (χ1) is 9.33. The van der Waals surface area contributed by atoms with Crippen LogP contribution >= 0.6 is 0 Å². The molecule has 6 nitrogen and oxygen atoms in total. The Balaban J connectivity index is 1.67. The van der Waals surface area contributed by atoms with Crippen LogP contribution in [-0.4, -0.2) is 38.2 Å². The zero-order valence-corrected chi connectivity index (χ0v) is 10.8. The number of rotatable bonds is 3. The quantitative estimate of drug-likeness (QED) is 0.892. The molecule has 2 heterocycles. The van der Waals surface area contributed by atoms with E-state index in [4.69, 9.17) is 5.73 Å². The van der Waals surface area contributed by atoms with Crippen molar-refractivity contribution in [3.05, 3.63) is 35.9 Å². The van der Waals surface area contributed by atoms with Gasteiger partial charge in [0.15, 0.2) is 0 Å². The number of hydrogen-bond donors (Lipinski definition) is 1. The summed E-state index contributed by atoms with van der Waals surface area (Å²) in [5.41, 5.74) is 7.12. The minimum absolute atomic E-state index is 0.285. The molecule has 100 valence electrons. The Morgan fingerprint density at radius 2 is 2.11 bits per heavy atom. The van der Waals surface area contributed by atoms with E-state index in [1.165, 1.54) is 5.56 Å². The van der Waals surface area contributed by atoms with E-state index < -0.39 is 0 Å². The highest BCUT2D eigenvalue weighted by atomic mass is 15.6. The highest BCUT2D eigenvalue weighted by Gasteiger charge is 2.23. The van der Waals surface area contributed by atoms with Gasteiger partial charge in [0.25, 0.3) is 0 Å². The van der Waals surface area contributed by atoms with Gasteiger partial charge < -0.3 is 5.73 Å². The summed E-state index contributed by atoms with van der Waals surface area (Å²) in [6.07, 6.45) is 2.23. The number of nitrogens with two attached hydrogens (primary N) is 1. The zero-order valence-electron chi connectivity index (χ0n) is 10.8. The van der Waals surface area contributed by atoms with Crippen molar-refractivity contribution in [3.8, 4) is 0 Å². The van der Waals surface area contributed by atoms with Crippen LogP contribution in [0.5, 0.6) is 0 Å². The molecule has 1 aliphatic rings. The average Bonchev–Trinajstić information content (AvgIpc) is 2.86. The normalized spacial score (nSPS) is 20.5. The molecule has 0 radical (unpaired) electrons. The highest BCUT2D eigenvalue weighted by molar-refractivity contribution is 5.15. The monoisotopic (exact) mass is 258 g/mol.